The van der Waals surface area contributed by atoms with Gasteiger partial charge in [0.15, 0.2) is 0 Å². The van der Waals surface area contributed by atoms with Crippen molar-refractivity contribution in [3.63, 3.8) is 0 Å². The molecule has 0 heterocycles. The summed E-state index contributed by atoms with van der Waals surface area (Å²) in [6.45, 7) is 13.0. The van der Waals surface area contributed by atoms with Gasteiger partial charge in [-0.3, -0.25) is 0 Å². The molecule has 0 nitrogen and oxygen atoms in total. The molecule has 0 atom stereocenters. The van der Waals surface area contributed by atoms with Gasteiger partial charge in [-0.25, -0.2) is 0 Å². The first-order valence-electron chi connectivity index (χ1n) is 16.8. The minimum Gasteiger partial charge on any atom is -0.0622 e. The van der Waals surface area contributed by atoms with Crippen LogP contribution in [0.4, 0.5) is 0 Å². The monoisotopic (exact) mass is 622 g/mol. The van der Waals surface area contributed by atoms with Gasteiger partial charge in [0.25, 0.3) is 0 Å². The molecule has 0 aliphatic carbocycles. The molecule has 0 amide bonds. The third-order valence-electron chi connectivity index (χ3n) is 8.67. The van der Waals surface area contributed by atoms with Crippen molar-refractivity contribution in [1.82, 2.24) is 0 Å². The lowest BCUT2D eigenvalue weighted by Gasteiger charge is -2.15. The van der Waals surface area contributed by atoms with Crippen molar-refractivity contribution in [2.45, 2.75) is 41.5 Å². The number of aryl methyl sites for hydroxylation is 6. The van der Waals surface area contributed by atoms with E-state index in [9.17, 15) is 0 Å². The Labute approximate surface area is 288 Å². The summed E-state index contributed by atoms with van der Waals surface area (Å²) in [5.74, 6) is 0. The Balaban J connectivity index is 0.000000158. The molecule has 7 aromatic rings. The molecule has 7 aromatic carbocycles. The van der Waals surface area contributed by atoms with Crippen LogP contribution in [0.1, 0.15) is 33.4 Å². The molecule has 48 heavy (non-hydrogen) atoms. The zero-order valence-electron chi connectivity index (χ0n) is 29.2. The second kappa shape index (κ2) is 16.4. The van der Waals surface area contributed by atoms with E-state index in [0.29, 0.717) is 0 Å². The van der Waals surface area contributed by atoms with E-state index in [1.165, 1.54) is 77.9 Å². The van der Waals surface area contributed by atoms with E-state index in [4.69, 9.17) is 0 Å². The molecule has 0 heteroatoms. The molecule has 0 unspecified atom stereocenters. The second-order valence-electron chi connectivity index (χ2n) is 12.6. The molecule has 0 bridgehead atoms. The Morgan fingerprint density at radius 1 is 0.229 bits per heavy atom. The normalized spacial score (nSPS) is 10.3. The maximum Gasteiger partial charge on any atom is -0.0149 e. The fraction of sp³-hybridized carbons (Fsp3) is 0.125. The van der Waals surface area contributed by atoms with E-state index in [1.807, 2.05) is 18.2 Å². The van der Waals surface area contributed by atoms with Gasteiger partial charge in [-0.2, -0.15) is 0 Å². The van der Waals surface area contributed by atoms with E-state index in [1.54, 1.807) is 0 Å². The van der Waals surface area contributed by atoms with Gasteiger partial charge in [0.2, 0.25) is 0 Å². The first kappa shape index (κ1) is 33.9. The maximum atomic E-state index is 2.33. The van der Waals surface area contributed by atoms with Crippen LogP contribution in [0, 0.1) is 41.5 Å². The average molecular weight is 623 g/mol. The number of benzene rings is 7. The molecular weight excluding hydrogens is 577 g/mol. The van der Waals surface area contributed by atoms with Gasteiger partial charge in [-0.1, -0.05) is 169 Å². The fourth-order valence-electron chi connectivity index (χ4n) is 6.06. The number of hydrogen-bond acceptors (Lipinski definition) is 0. The van der Waals surface area contributed by atoms with Gasteiger partial charge < -0.3 is 0 Å². The van der Waals surface area contributed by atoms with Crippen LogP contribution >= 0.6 is 0 Å². The van der Waals surface area contributed by atoms with Crippen LogP contribution in [0.25, 0.3) is 44.5 Å². The van der Waals surface area contributed by atoms with Gasteiger partial charge >= 0.3 is 0 Å². The topological polar surface area (TPSA) is 0 Å². The van der Waals surface area contributed by atoms with E-state index >= 15 is 0 Å². The summed E-state index contributed by atoms with van der Waals surface area (Å²) in [4.78, 5) is 0. The highest BCUT2D eigenvalue weighted by Gasteiger charge is 2.11. The lowest BCUT2D eigenvalue weighted by molar-refractivity contribution is 1.35. The van der Waals surface area contributed by atoms with Crippen molar-refractivity contribution in [3.8, 4) is 44.5 Å². The lowest BCUT2D eigenvalue weighted by atomic mass is 9.89. The van der Waals surface area contributed by atoms with Crippen LogP contribution in [-0.2, 0) is 0 Å². The quantitative estimate of drug-likeness (QED) is 0.183. The van der Waals surface area contributed by atoms with Gasteiger partial charge in [0.1, 0.15) is 0 Å². The Hall–Kier alpha value is -5.46. The Kier molecular flexibility index (Phi) is 11.6. The molecule has 7 rings (SSSR count). The summed E-state index contributed by atoms with van der Waals surface area (Å²) in [5, 5.41) is 0. The van der Waals surface area contributed by atoms with Crippen LogP contribution < -0.4 is 0 Å². The predicted octanol–water partition coefficient (Wildman–Crippen LogP) is 13.6. The Morgan fingerprint density at radius 2 is 0.583 bits per heavy atom. The molecule has 0 aliphatic rings. The largest absolute Gasteiger partial charge is 0.0622 e. The van der Waals surface area contributed by atoms with Crippen LogP contribution in [0.3, 0.4) is 0 Å². The molecule has 0 saturated carbocycles. The highest BCUT2D eigenvalue weighted by Crippen LogP contribution is 2.34. The van der Waals surface area contributed by atoms with Crippen molar-refractivity contribution in [2.75, 3.05) is 0 Å². The van der Waals surface area contributed by atoms with E-state index < -0.39 is 0 Å². The van der Waals surface area contributed by atoms with Gasteiger partial charge in [0, 0.05) is 0 Å². The maximum absolute atomic E-state index is 2.33. The number of hydrogen-bond donors (Lipinski definition) is 0. The highest BCUT2D eigenvalue weighted by atomic mass is 14.2. The first-order valence-corrected chi connectivity index (χ1v) is 16.8. The van der Waals surface area contributed by atoms with Gasteiger partial charge in [0.05, 0.1) is 0 Å². The third-order valence-corrected chi connectivity index (χ3v) is 8.67. The molecule has 0 spiro atoms. The number of rotatable bonds is 4. The lowest BCUT2D eigenvalue weighted by Crippen LogP contribution is -1.93. The second-order valence-corrected chi connectivity index (χ2v) is 12.6. The van der Waals surface area contributed by atoms with E-state index in [0.717, 1.165) is 0 Å². The Bertz CT molecular complexity index is 1920. The van der Waals surface area contributed by atoms with Gasteiger partial charge in [-0.05, 0) is 120 Å². The predicted molar refractivity (Wildman–Crippen MR) is 209 cm³/mol. The van der Waals surface area contributed by atoms with Crippen molar-refractivity contribution >= 4 is 0 Å². The van der Waals surface area contributed by atoms with Crippen LogP contribution in [-0.4, -0.2) is 0 Å². The SMILES string of the molecule is Cc1cc(-c2ccccc2)cc(-c2ccccc2)c1.Cc1ccccc1.Cc1ccccc1-c1cc(C)c(-c2ccccc2C)cc1C. The summed E-state index contributed by atoms with van der Waals surface area (Å²) >= 11 is 0. The standard InChI is InChI=1S/C22H22.C19H16.C7H8/c1-15-9-5-7-11-19(15)21-13-18(4)22(14-17(21)3)20-12-8-6-10-16(20)2;1-15-12-18(16-8-4-2-5-9-16)14-19(13-15)17-10-6-3-7-11-17;1-7-5-3-2-4-6-7/h5-14H,1-4H3;2-14H,1H3;2-6H,1H3. The van der Waals surface area contributed by atoms with E-state index in [-0.39, 0.29) is 0 Å². The third kappa shape index (κ3) is 8.87. The summed E-state index contributed by atoms with van der Waals surface area (Å²) in [5.41, 5.74) is 18.4. The molecule has 0 radical (unpaired) electrons. The fourth-order valence-corrected chi connectivity index (χ4v) is 6.06. The van der Waals surface area contributed by atoms with Crippen molar-refractivity contribution in [2.24, 2.45) is 0 Å². The van der Waals surface area contributed by atoms with Crippen LogP contribution in [0.5, 0.6) is 0 Å². The molecule has 0 N–H and O–H groups in total. The average Bonchev–Trinajstić information content (AvgIpc) is 3.11. The molecule has 0 fully saturated rings. The molecule has 0 aliphatic heterocycles. The minimum atomic E-state index is 1.27. The molecular formula is C48H46. The summed E-state index contributed by atoms with van der Waals surface area (Å²) in [7, 11) is 0. The van der Waals surface area contributed by atoms with Crippen molar-refractivity contribution in [3.05, 3.63) is 203 Å². The Morgan fingerprint density at radius 3 is 0.938 bits per heavy atom. The van der Waals surface area contributed by atoms with Gasteiger partial charge in [-0.15, -0.1) is 0 Å². The molecule has 0 saturated heterocycles. The van der Waals surface area contributed by atoms with Crippen LogP contribution in [0.15, 0.2) is 170 Å². The van der Waals surface area contributed by atoms with E-state index in [2.05, 4.69) is 193 Å². The smallest absolute Gasteiger partial charge is 0.0149 e. The zero-order chi connectivity index (χ0) is 33.9. The van der Waals surface area contributed by atoms with Crippen molar-refractivity contribution < 1.29 is 0 Å². The highest BCUT2D eigenvalue weighted by molar-refractivity contribution is 5.79. The summed E-state index contributed by atoms with van der Waals surface area (Å²) in [6, 6.07) is 59.9. The first-order chi connectivity index (χ1) is 23.3. The summed E-state index contributed by atoms with van der Waals surface area (Å²) < 4.78 is 0. The summed E-state index contributed by atoms with van der Waals surface area (Å²) in [6.07, 6.45) is 0. The molecule has 0 aromatic heterocycles. The minimum absolute atomic E-state index is 1.27. The molecule has 238 valence electrons. The van der Waals surface area contributed by atoms with Crippen molar-refractivity contribution in [1.29, 1.82) is 0 Å². The zero-order valence-corrected chi connectivity index (χ0v) is 29.2. The van der Waals surface area contributed by atoms with Crippen LogP contribution in [0.2, 0.25) is 0 Å².